The smallest absolute Gasteiger partial charge is 0.142 e. The van der Waals surface area contributed by atoms with E-state index < -0.39 is 11.9 Å². The SMILES string of the molecule is OC(C1=CCCCO1)c1cccc(F)c1Cl. The van der Waals surface area contributed by atoms with Crippen molar-refractivity contribution < 1.29 is 14.2 Å². The number of halogens is 2. The Hall–Kier alpha value is -1.06. The Kier molecular flexibility index (Phi) is 3.46. The summed E-state index contributed by atoms with van der Waals surface area (Å²) < 4.78 is 18.5. The van der Waals surface area contributed by atoms with Crippen molar-refractivity contribution in [2.45, 2.75) is 18.9 Å². The van der Waals surface area contributed by atoms with Gasteiger partial charge in [-0.05, 0) is 25.0 Å². The summed E-state index contributed by atoms with van der Waals surface area (Å²) >= 11 is 5.79. The number of hydrogen-bond donors (Lipinski definition) is 1. The summed E-state index contributed by atoms with van der Waals surface area (Å²) in [7, 11) is 0. The summed E-state index contributed by atoms with van der Waals surface area (Å²) in [6.07, 6.45) is 2.63. The van der Waals surface area contributed by atoms with Crippen LogP contribution in [0.3, 0.4) is 0 Å². The van der Waals surface area contributed by atoms with Gasteiger partial charge in [0.05, 0.1) is 11.6 Å². The van der Waals surface area contributed by atoms with Gasteiger partial charge in [-0.1, -0.05) is 23.7 Å². The number of hydrogen-bond acceptors (Lipinski definition) is 2. The van der Waals surface area contributed by atoms with Crippen molar-refractivity contribution in [3.05, 3.63) is 46.4 Å². The average Bonchev–Trinajstić information content (AvgIpc) is 2.33. The van der Waals surface area contributed by atoms with Crippen molar-refractivity contribution >= 4 is 11.6 Å². The van der Waals surface area contributed by atoms with Crippen LogP contribution in [0.25, 0.3) is 0 Å². The molecular weight excluding hydrogens is 231 g/mol. The van der Waals surface area contributed by atoms with Crippen LogP contribution in [-0.4, -0.2) is 11.7 Å². The molecule has 1 unspecified atom stereocenters. The lowest BCUT2D eigenvalue weighted by molar-refractivity contribution is 0.0917. The van der Waals surface area contributed by atoms with Gasteiger partial charge in [-0.3, -0.25) is 0 Å². The molecule has 16 heavy (non-hydrogen) atoms. The largest absolute Gasteiger partial charge is 0.495 e. The van der Waals surface area contributed by atoms with Gasteiger partial charge in [0.2, 0.25) is 0 Å². The maximum Gasteiger partial charge on any atom is 0.142 e. The summed E-state index contributed by atoms with van der Waals surface area (Å²) in [4.78, 5) is 0. The van der Waals surface area contributed by atoms with E-state index >= 15 is 0 Å². The quantitative estimate of drug-likeness (QED) is 0.863. The standard InChI is InChI=1S/C12H12ClFO2/c13-11-8(4-3-5-9(11)14)12(15)10-6-1-2-7-16-10/h3-6,12,15H,1-2,7H2. The maximum absolute atomic E-state index is 13.2. The van der Waals surface area contributed by atoms with Crippen LogP contribution in [0.5, 0.6) is 0 Å². The lowest BCUT2D eigenvalue weighted by Crippen LogP contribution is -2.10. The van der Waals surface area contributed by atoms with Gasteiger partial charge in [-0.15, -0.1) is 0 Å². The van der Waals surface area contributed by atoms with E-state index in [0.29, 0.717) is 17.9 Å². The minimum absolute atomic E-state index is 0.0509. The molecule has 1 aliphatic rings. The first kappa shape index (κ1) is 11.4. The maximum atomic E-state index is 13.2. The van der Waals surface area contributed by atoms with Crippen molar-refractivity contribution in [2.75, 3.05) is 6.61 Å². The highest BCUT2D eigenvalue weighted by Crippen LogP contribution is 2.31. The van der Waals surface area contributed by atoms with Gasteiger partial charge in [-0.2, -0.15) is 0 Å². The summed E-state index contributed by atoms with van der Waals surface area (Å²) in [6, 6.07) is 4.37. The average molecular weight is 243 g/mol. The van der Waals surface area contributed by atoms with E-state index in [1.54, 1.807) is 6.07 Å². The van der Waals surface area contributed by atoms with Gasteiger partial charge in [0.25, 0.3) is 0 Å². The highest BCUT2D eigenvalue weighted by atomic mass is 35.5. The Morgan fingerprint density at radius 2 is 2.25 bits per heavy atom. The second kappa shape index (κ2) is 4.85. The van der Waals surface area contributed by atoms with Crippen LogP contribution in [0.15, 0.2) is 30.0 Å². The Labute approximate surface area is 98.3 Å². The third-order valence-corrected chi connectivity index (χ3v) is 2.91. The molecule has 0 amide bonds. The molecule has 0 saturated heterocycles. The van der Waals surface area contributed by atoms with Gasteiger partial charge in [-0.25, -0.2) is 4.39 Å². The number of benzene rings is 1. The Morgan fingerprint density at radius 3 is 2.94 bits per heavy atom. The lowest BCUT2D eigenvalue weighted by atomic mass is 10.1. The van der Waals surface area contributed by atoms with Crippen LogP contribution >= 0.6 is 11.6 Å². The van der Waals surface area contributed by atoms with Crippen LogP contribution in [0.2, 0.25) is 5.02 Å². The van der Waals surface area contributed by atoms with E-state index in [4.69, 9.17) is 16.3 Å². The molecule has 2 rings (SSSR count). The second-order valence-electron chi connectivity index (χ2n) is 3.64. The topological polar surface area (TPSA) is 29.5 Å². The molecule has 0 aliphatic carbocycles. The summed E-state index contributed by atoms with van der Waals surface area (Å²) in [6.45, 7) is 0.579. The molecule has 2 nitrogen and oxygen atoms in total. The highest BCUT2D eigenvalue weighted by molar-refractivity contribution is 6.31. The first-order valence-electron chi connectivity index (χ1n) is 5.15. The zero-order valence-electron chi connectivity index (χ0n) is 8.62. The molecule has 1 atom stereocenters. The lowest BCUT2D eigenvalue weighted by Gasteiger charge is -2.20. The minimum Gasteiger partial charge on any atom is -0.495 e. The second-order valence-corrected chi connectivity index (χ2v) is 4.02. The highest BCUT2D eigenvalue weighted by Gasteiger charge is 2.20. The van der Waals surface area contributed by atoms with E-state index in [1.165, 1.54) is 12.1 Å². The van der Waals surface area contributed by atoms with Crippen LogP contribution in [0, 0.1) is 5.82 Å². The van der Waals surface area contributed by atoms with Gasteiger partial charge in [0.15, 0.2) is 0 Å². The molecule has 0 fully saturated rings. The Morgan fingerprint density at radius 1 is 1.44 bits per heavy atom. The Bertz CT molecular complexity index is 417. The first-order chi connectivity index (χ1) is 7.70. The molecule has 1 aromatic rings. The fraction of sp³-hybridized carbons (Fsp3) is 0.333. The van der Waals surface area contributed by atoms with E-state index in [9.17, 15) is 9.50 Å². The number of ether oxygens (including phenoxy) is 1. The van der Waals surface area contributed by atoms with Crippen molar-refractivity contribution in [3.63, 3.8) is 0 Å². The van der Waals surface area contributed by atoms with E-state index in [-0.39, 0.29) is 5.02 Å². The fourth-order valence-corrected chi connectivity index (χ4v) is 1.88. The van der Waals surface area contributed by atoms with Crippen LogP contribution in [0.1, 0.15) is 24.5 Å². The molecule has 86 valence electrons. The van der Waals surface area contributed by atoms with Crippen LogP contribution < -0.4 is 0 Å². The summed E-state index contributed by atoms with van der Waals surface area (Å²) in [5, 5.41) is 9.96. The molecule has 0 radical (unpaired) electrons. The summed E-state index contributed by atoms with van der Waals surface area (Å²) in [5.41, 5.74) is 0.342. The third kappa shape index (κ3) is 2.20. The molecule has 1 aliphatic heterocycles. The van der Waals surface area contributed by atoms with Gasteiger partial charge < -0.3 is 9.84 Å². The third-order valence-electron chi connectivity index (χ3n) is 2.51. The monoisotopic (exact) mass is 242 g/mol. The van der Waals surface area contributed by atoms with Crippen molar-refractivity contribution in [1.29, 1.82) is 0 Å². The molecule has 1 aromatic carbocycles. The first-order valence-corrected chi connectivity index (χ1v) is 5.53. The van der Waals surface area contributed by atoms with E-state index in [0.717, 1.165) is 12.8 Å². The molecular formula is C12H12ClFO2. The zero-order valence-corrected chi connectivity index (χ0v) is 9.38. The number of aliphatic hydroxyl groups is 1. The number of rotatable bonds is 2. The van der Waals surface area contributed by atoms with Crippen molar-refractivity contribution in [2.24, 2.45) is 0 Å². The van der Waals surface area contributed by atoms with Crippen molar-refractivity contribution in [1.82, 2.24) is 0 Å². The molecule has 1 heterocycles. The van der Waals surface area contributed by atoms with Gasteiger partial charge in [0, 0.05) is 5.56 Å². The molecule has 0 spiro atoms. The van der Waals surface area contributed by atoms with E-state index in [1.807, 2.05) is 6.08 Å². The molecule has 0 aromatic heterocycles. The van der Waals surface area contributed by atoms with Gasteiger partial charge in [0.1, 0.15) is 17.7 Å². The summed E-state index contributed by atoms with van der Waals surface area (Å²) in [5.74, 6) is -0.0756. The van der Waals surface area contributed by atoms with Crippen LogP contribution in [-0.2, 0) is 4.74 Å². The van der Waals surface area contributed by atoms with E-state index in [2.05, 4.69) is 0 Å². The molecule has 4 heteroatoms. The Balaban J connectivity index is 2.29. The normalized spacial score (nSPS) is 17.6. The molecule has 0 bridgehead atoms. The molecule has 1 N–H and O–H groups in total. The van der Waals surface area contributed by atoms with Gasteiger partial charge >= 0.3 is 0 Å². The minimum atomic E-state index is -0.983. The number of allylic oxidation sites excluding steroid dienone is 1. The fourth-order valence-electron chi connectivity index (χ4n) is 1.65. The predicted octanol–water partition coefficient (Wildman–Crippen LogP) is 3.21. The van der Waals surface area contributed by atoms with Crippen LogP contribution in [0.4, 0.5) is 4.39 Å². The number of aliphatic hydroxyl groups excluding tert-OH is 1. The van der Waals surface area contributed by atoms with Crippen molar-refractivity contribution in [3.8, 4) is 0 Å². The predicted molar refractivity (Wildman–Crippen MR) is 59.6 cm³/mol. The zero-order chi connectivity index (χ0) is 11.5. The molecule has 0 saturated carbocycles.